The van der Waals surface area contributed by atoms with Crippen LogP contribution in [0.4, 0.5) is 0 Å². The van der Waals surface area contributed by atoms with E-state index in [1.54, 1.807) is 0 Å². The molecule has 1 fully saturated rings. The molecule has 0 aromatic heterocycles. The molecule has 0 aromatic rings. The second-order valence-electron chi connectivity index (χ2n) is 5.45. The van der Waals surface area contributed by atoms with Gasteiger partial charge in [-0.05, 0) is 32.5 Å². The molecule has 1 rings (SSSR count). The molecule has 0 aromatic carbocycles. The Hall–Kier alpha value is -0.423. The predicted octanol–water partition coefficient (Wildman–Crippen LogP) is 2.82. The van der Waals surface area contributed by atoms with Gasteiger partial charge in [-0.25, -0.2) is 0 Å². The molecule has 1 saturated carbocycles. The molecular weight excluding hydrogens is 210 g/mol. The van der Waals surface area contributed by atoms with E-state index in [2.05, 4.69) is 19.6 Å². The summed E-state index contributed by atoms with van der Waals surface area (Å²) in [5.74, 6) is 0. The van der Waals surface area contributed by atoms with Crippen LogP contribution in [0.2, 0.25) is 19.6 Å². The van der Waals surface area contributed by atoms with E-state index in [1.165, 1.54) is 6.42 Å². The van der Waals surface area contributed by atoms with Crippen molar-refractivity contribution < 1.29 is 9.35 Å². The summed E-state index contributed by atoms with van der Waals surface area (Å²) >= 11 is 0. The lowest BCUT2D eigenvalue weighted by molar-refractivity contribution is -0.500. The van der Waals surface area contributed by atoms with Crippen LogP contribution in [0.25, 0.3) is 0 Å². The average molecular weight is 231 g/mol. The van der Waals surface area contributed by atoms with Gasteiger partial charge in [0.2, 0.25) is 6.54 Å². The molecule has 0 aliphatic heterocycles. The lowest BCUT2D eigenvalue weighted by Gasteiger charge is -2.38. The molecule has 5 heteroatoms. The van der Waals surface area contributed by atoms with Crippen molar-refractivity contribution in [1.82, 2.24) is 0 Å². The summed E-state index contributed by atoms with van der Waals surface area (Å²) in [7, 11) is -1.69. The van der Waals surface area contributed by atoms with Crippen LogP contribution in [0, 0.1) is 10.1 Å². The minimum Gasteiger partial charge on any atom is -0.406 e. The zero-order chi connectivity index (χ0) is 11.5. The molecule has 1 aliphatic carbocycles. The zero-order valence-corrected chi connectivity index (χ0v) is 10.9. The van der Waals surface area contributed by atoms with E-state index in [1.807, 2.05) is 0 Å². The quantitative estimate of drug-likeness (QED) is 0.425. The first-order valence-corrected chi connectivity index (χ1v) is 9.06. The zero-order valence-electron chi connectivity index (χ0n) is 9.91. The maximum Gasteiger partial charge on any atom is 0.231 e. The van der Waals surface area contributed by atoms with Gasteiger partial charge in [0.25, 0.3) is 0 Å². The van der Waals surface area contributed by atoms with Crippen LogP contribution in [0.1, 0.15) is 32.1 Å². The minimum absolute atomic E-state index is 0.0166. The Bertz CT molecular complexity index is 231. The molecule has 0 atom stereocenters. The molecule has 0 saturated heterocycles. The Kier molecular flexibility index (Phi) is 3.89. The molecule has 88 valence electrons. The highest BCUT2D eigenvalue weighted by Crippen LogP contribution is 2.34. The third-order valence-corrected chi connectivity index (χ3v) is 3.75. The molecule has 0 heterocycles. The lowest BCUT2D eigenvalue weighted by Crippen LogP contribution is -2.48. The Morgan fingerprint density at radius 1 is 1.27 bits per heavy atom. The van der Waals surface area contributed by atoms with Crippen LogP contribution in [0.5, 0.6) is 0 Å². The first-order chi connectivity index (χ1) is 6.83. The standard InChI is InChI=1S/C10H21NO3Si/c1-15(2,3)14-10(9-11(12)13)7-5-4-6-8-10/h4-9H2,1-3H3. The predicted molar refractivity (Wildman–Crippen MR) is 62.1 cm³/mol. The van der Waals surface area contributed by atoms with Crippen LogP contribution >= 0.6 is 0 Å². The average Bonchev–Trinajstić information content (AvgIpc) is 1.99. The van der Waals surface area contributed by atoms with Crippen molar-refractivity contribution in [2.45, 2.75) is 57.3 Å². The highest BCUT2D eigenvalue weighted by molar-refractivity contribution is 6.69. The van der Waals surface area contributed by atoms with Crippen LogP contribution in [0.3, 0.4) is 0 Å². The number of nitro groups is 1. The van der Waals surface area contributed by atoms with E-state index >= 15 is 0 Å². The van der Waals surface area contributed by atoms with Gasteiger partial charge < -0.3 is 4.43 Å². The van der Waals surface area contributed by atoms with Gasteiger partial charge in [0, 0.05) is 4.92 Å². The van der Waals surface area contributed by atoms with Gasteiger partial charge in [-0.3, -0.25) is 10.1 Å². The van der Waals surface area contributed by atoms with E-state index < -0.39 is 13.9 Å². The number of hydrogen-bond donors (Lipinski definition) is 0. The lowest BCUT2D eigenvalue weighted by atomic mass is 9.85. The maximum atomic E-state index is 10.7. The van der Waals surface area contributed by atoms with Gasteiger partial charge >= 0.3 is 0 Å². The molecule has 0 amide bonds. The Balaban J connectivity index is 2.70. The second kappa shape index (κ2) is 4.61. The van der Waals surface area contributed by atoms with Crippen LogP contribution in [0.15, 0.2) is 0 Å². The molecule has 0 N–H and O–H groups in total. The first-order valence-electron chi connectivity index (χ1n) is 5.65. The van der Waals surface area contributed by atoms with Crippen LogP contribution < -0.4 is 0 Å². The Morgan fingerprint density at radius 3 is 2.20 bits per heavy atom. The second-order valence-corrected chi connectivity index (χ2v) is 9.88. The normalized spacial score (nSPS) is 21.3. The van der Waals surface area contributed by atoms with Crippen LogP contribution in [-0.4, -0.2) is 25.4 Å². The summed E-state index contributed by atoms with van der Waals surface area (Å²) in [4.78, 5) is 10.5. The summed E-state index contributed by atoms with van der Waals surface area (Å²) in [5.41, 5.74) is -0.452. The molecule has 4 nitrogen and oxygen atoms in total. The third kappa shape index (κ3) is 4.30. The number of nitrogens with zero attached hydrogens (tertiary/aromatic N) is 1. The molecule has 0 spiro atoms. The monoisotopic (exact) mass is 231 g/mol. The minimum atomic E-state index is -1.69. The van der Waals surface area contributed by atoms with Crippen molar-refractivity contribution in [2.24, 2.45) is 0 Å². The molecule has 1 aliphatic rings. The fourth-order valence-corrected chi connectivity index (χ4v) is 3.94. The largest absolute Gasteiger partial charge is 0.406 e. The smallest absolute Gasteiger partial charge is 0.231 e. The summed E-state index contributed by atoms with van der Waals surface area (Å²) in [5, 5.41) is 10.7. The van der Waals surface area contributed by atoms with E-state index in [9.17, 15) is 10.1 Å². The Labute approximate surface area is 92.3 Å². The number of rotatable bonds is 4. The van der Waals surface area contributed by atoms with Crippen LogP contribution in [-0.2, 0) is 4.43 Å². The highest BCUT2D eigenvalue weighted by Gasteiger charge is 2.41. The topological polar surface area (TPSA) is 52.4 Å². The van der Waals surface area contributed by atoms with Crippen molar-refractivity contribution in [1.29, 1.82) is 0 Å². The number of hydrogen-bond acceptors (Lipinski definition) is 3. The SMILES string of the molecule is C[Si](C)(C)OC1(C[N+](=O)[O-])CCCCC1. The van der Waals surface area contributed by atoms with Crippen molar-refractivity contribution in [2.75, 3.05) is 6.54 Å². The molecule has 0 unspecified atom stereocenters. The van der Waals surface area contributed by atoms with Crippen molar-refractivity contribution in [3.8, 4) is 0 Å². The Morgan fingerprint density at radius 2 is 1.80 bits per heavy atom. The highest BCUT2D eigenvalue weighted by atomic mass is 28.4. The van der Waals surface area contributed by atoms with E-state index in [0.717, 1.165) is 25.7 Å². The van der Waals surface area contributed by atoms with E-state index in [-0.39, 0.29) is 11.5 Å². The maximum absolute atomic E-state index is 10.7. The fraction of sp³-hybridized carbons (Fsp3) is 1.00. The van der Waals surface area contributed by atoms with Gasteiger partial charge in [0.15, 0.2) is 8.32 Å². The summed E-state index contributed by atoms with van der Waals surface area (Å²) in [6.45, 7) is 6.28. The summed E-state index contributed by atoms with van der Waals surface area (Å²) < 4.78 is 6.07. The van der Waals surface area contributed by atoms with E-state index in [4.69, 9.17) is 4.43 Å². The third-order valence-electron chi connectivity index (χ3n) is 2.70. The molecule has 15 heavy (non-hydrogen) atoms. The van der Waals surface area contributed by atoms with Gasteiger partial charge in [0.05, 0.1) is 0 Å². The van der Waals surface area contributed by atoms with Gasteiger partial charge in [0.1, 0.15) is 5.60 Å². The van der Waals surface area contributed by atoms with Gasteiger partial charge in [-0.1, -0.05) is 19.3 Å². The van der Waals surface area contributed by atoms with Gasteiger partial charge in [-0.15, -0.1) is 0 Å². The van der Waals surface area contributed by atoms with Gasteiger partial charge in [-0.2, -0.15) is 0 Å². The fourth-order valence-electron chi connectivity index (χ4n) is 2.37. The summed E-state index contributed by atoms with van der Waals surface area (Å²) in [6, 6.07) is 0. The first kappa shape index (κ1) is 12.6. The van der Waals surface area contributed by atoms with Crippen molar-refractivity contribution in [3.63, 3.8) is 0 Å². The van der Waals surface area contributed by atoms with Crippen molar-refractivity contribution in [3.05, 3.63) is 10.1 Å². The van der Waals surface area contributed by atoms with E-state index in [0.29, 0.717) is 0 Å². The van der Waals surface area contributed by atoms with Crippen molar-refractivity contribution >= 4 is 8.32 Å². The molecule has 0 radical (unpaired) electrons. The summed E-state index contributed by atoms with van der Waals surface area (Å²) in [6.07, 6.45) is 5.04. The molecule has 0 bridgehead atoms. The molecular formula is C10H21NO3Si.